The Morgan fingerprint density at radius 3 is 2.33 bits per heavy atom. The summed E-state index contributed by atoms with van der Waals surface area (Å²) >= 11 is 0. The van der Waals surface area contributed by atoms with Crippen LogP contribution in [0.1, 0.15) is 33.1 Å². The molecule has 2 atom stereocenters. The lowest BCUT2D eigenvalue weighted by Crippen LogP contribution is -2.45. The van der Waals surface area contributed by atoms with Gasteiger partial charge in [-0.15, -0.1) is 0 Å². The molecule has 0 unspecified atom stereocenters. The van der Waals surface area contributed by atoms with Crippen LogP contribution >= 0.6 is 0 Å². The molecule has 0 bridgehead atoms. The lowest BCUT2D eigenvalue weighted by atomic mass is 9.81. The minimum absolute atomic E-state index is 0.000995. The molecule has 1 aliphatic carbocycles. The molecule has 1 aliphatic rings. The van der Waals surface area contributed by atoms with E-state index in [0.717, 1.165) is 18.4 Å². The van der Waals surface area contributed by atoms with Crippen LogP contribution < -0.4 is 0 Å². The van der Waals surface area contributed by atoms with Crippen molar-refractivity contribution in [3.05, 3.63) is 12.2 Å². The highest BCUT2D eigenvalue weighted by molar-refractivity contribution is 6.69. The third-order valence-electron chi connectivity index (χ3n) is 3.52. The van der Waals surface area contributed by atoms with Gasteiger partial charge in [-0.05, 0) is 51.9 Å². The Morgan fingerprint density at radius 2 is 1.86 bits per heavy atom. The number of hydrogen-bond acceptors (Lipinski definition) is 4. The van der Waals surface area contributed by atoms with E-state index in [9.17, 15) is 4.79 Å². The van der Waals surface area contributed by atoms with Crippen LogP contribution in [-0.2, 0) is 18.7 Å². The Labute approximate surface area is 130 Å². The summed E-state index contributed by atoms with van der Waals surface area (Å²) in [5.41, 5.74) is 0.843. The maximum Gasteiger partial charge on any atom is 0.184 e. The highest BCUT2D eigenvalue weighted by Gasteiger charge is 2.39. The van der Waals surface area contributed by atoms with Gasteiger partial charge in [-0.25, -0.2) is 0 Å². The number of ketones is 1. The molecule has 0 heterocycles. The van der Waals surface area contributed by atoms with Gasteiger partial charge in [0.25, 0.3) is 0 Å². The van der Waals surface area contributed by atoms with Crippen molar-refractivity contribution in [1.82, 2.24) is 0 Å². The fourth-order valence-corrected chi connectivity index (χ4v) is 3.72. The normalized spacial score (nSPS) is 23.6. The molecule has 4 nitrogen and oxygen atoms in total. The van der Waals surface area contributed by atoms with E-state index in [0.29, 0.717) is 19.6 Å². The zero-order valence-electron chi connectivity index (χ0n) is 14.1. The summed E-state index contributed by atoms with van der Waals surface area (Å²) in [7, 11) is -1.79. The van der Waals surface area contributed by atoms with Gasteiger partial charge in [-0.2, -0.15) is 0 Å². The predicted octanol–water partition coefficient (Wildman–Crippen LogP) is 3.53. The number of ether oxygens (including phenoxy) is 2. The zero-order chi connectivity index (χ0) is 16.0. The summed E-state index contributed by atoms with van der Waals surface area (Å²) in [6.07, 6.45) is 1.59. The number of Topliss-reactive ketones (excluding diaryl/α,β-unsaturated/α-hetero) is 1. The molecule has 0 aliphatic heterocycles. The van der Waals surface area contributed by atoms with E-state index in [4.69, 9.17) is 13.9 Å². The third-order valence-corrected chi connectivity index (χ3v) is 4.48. The maximum absolute atomic E-state index is 12.3. The Kier molecular flexibility index (Phi) is 7.26. The first-order valence-electron chi connectivity index (χ1n) is 7.92. The van der Waals surface area contributed by atoms with Gasteiger partial charge in [0.05, 0.1) is 0 Å². The van der Waals surface area contributed by atoms with E-state index >= 15 is 0 Å². The molecule has 0 amide bonds. The van der Waals surface area contributed by atoms with Gasteiger partial charge in [0.2, 0.25) is 0 Å². The highest BCUT2D eigenvalue weighted by atomic mass is 28.4. The summed E-state index contributed by atoms with van der Waals surface area (Å²) in [5, 5.41) is 0. The zero-order valence-corrected chi connectivity index (χ0v) is 15.1. The Hall–Kier alpha value is -0.493. The predicted molar refractivity (Wildman–Crippen MR) is 86.7 cm³/mol. The van der Waals surface area contributed by atoms with Crippen LogP contribution in [0.25, 0.3) is 0 Å². The third kappa shape index (κ3) is 5.66. The monoisotopic (exact) mass is 314 g/mol. The Morgan fingerprint density at radius 1 is 1.29 bits per heavy atom. The van der Waals surface area contributed by atoms with Crippen LogP contribution in [0.3, 0.4) is 0 Å². The minimum Gasteiger partial charge on any atom is -0.407 e. The molecule has 5 heteroatoms. The quantitative estimate of drug-likeness (QED) is 0.390. The van der Waals surface area contributed by atoms with Crippen molar-refractivity contribution in [2.45, 2.75) is 65.1 Å². The average molecular weight is 314 g/mol. The molecular weight excluding hydrogens is 284 g/mol. The van der Waals surface area contributed by atoms with Crippen LogP contribution in [0.15, 0.2) is 12.2 Å². The molecule has 0 N–H and O–H groups in total. The summed E-state index contributed by atoms with van der Waals surface area (Å²) < 4.78 is 17.4. The van der Waals surface area contributed by atoms with Crippen LogP contribution in [-0.4, -0.2) is 39.7 Å². The van der Waals surface area contributed by atoms with Crippen LogP contribution in [0.2, 0.25) is 19.6 Å². The van der Waals surface area contributed by atoms with Crippen LogP contribution in [0, 0.1) is 5.92 Å². The van der Waals surface area contributed by atoms with Crippen molar-refractivity contribution in [1.29, 1.82) is 0 Å². The van der Waals surface area contributed by atoms with E-state index in [-0.39, 0.29) is 17.8 Å². The highest BCUT2D eigenvalue weighted by Crippen LogP contribution is 2.33. The second-order valence-corrected chi connectivity index (χ2v) is 10.9. The molecule has 1 fully saturated rings. The average Bonchev–Trinajstić information content (AvgIpc) is 2.39. The molecule has 21 heavy (non-hydrogen) atoms. The first-order chi connectivity index (χ1) is 9.80. The molecule has 0 saturated heterocycles. The molecule has 0 aromatic rings. The van der Waals surface area contributed by atoms with Gasteiger partial charge in [0.1, 0.15) is 6.10 Å². The molecule has 0 spiro atoms. The largest absolute Gasteiger partial charge is 0.407 e. The van der Waals surface area contributed by atoms with E-state index in [1.807, 2.05) is 13.8 Å². The summed E-state index contributed by atoms with van der Waals surface area (Å²) in [6.45, 7) is 15.5. The van der Waals surface area contributed by atoms with E-state index in [1.54, 1.807) is 0 Å². The van der Waals surface area contributed by atoms with Gasteiger partial charge in [-0.3, -0.25) is 4.79 Å². The number of hydrogen-bond donors (Lipinski definition) is 0. The van der Waals surface area contributed by atoms with Crippen molar-refractivity contribution in [2.75, 3.05) is 13.2 Å². The molecule has 1 saturated carbocycles. The van der Waals surface area contributed by atoms with Crippen molar-refractivity contribution in [3.8, 4) is 0 Å². The van der Waals surface area contributed by atoms with E-state index in [1.165, 1.54) is 0 Å². The number of carbonyl (C=O) groups is 1. The fraction of sp³-hybridized carbons (Fsp3) is 0.812. The smallest absolute Gasteiger partial charge is 0.184 e. The van der Waals surface area contributed by atoms with Crippen molar-refractivity contribution >= 4 is 14.1 Å². The molecule has 0 aromatic carbocycles. The van der Waals surface area contributed by atoms with E-state index < -0.39 is 14.6 Å². The van der Waals surface area contributed by atoms with Gasteiger partial charge >= 0.3 is 0 Å². The molecular formula is C16H30O4Si. The molecule has 0 radical (unpaired) electrons. The van der Waals surface area contributed by atoms with Crippen LogP contribution in [0.4, 0.5) is 0 Å². The molecule has 0 aromatic heterocycles. The molecule has 1 rings (SSSR count). The molecule has 122 valence electrons. The van der Waals surface area contributed by atoms with Gasteiger partial charge in [0.15, 0.2) is 20.4 Å². The first kappa shape index (κ1) is 18.6. The van der Waals surface area contributed by atoms with Crippen molar-refractivity contribution in [2.24, 2.45) is 5.92 Å². The second-order valence-electron chi connectivity index (χ2n) is 6.43. The summed E-state index contributed by atoms with van der Waals surface area (Å²) in [6, 6.07) is 0. The maximum atomic E-state index is 12.3. The van der Waals surface area contributed by atoms with Gasteiger partial charge in [0, 0.05) is 25.6 Å². The lowest BCUT2D eigenvalue weighted by Gasteiger charge is -2.37. The lowest BCUT2D eigenvalue weighted by molar-refractivity contribution is -0.135. The first-order valence-corrected chi connectivity index (χ1v) is 11.3. The Balaban J connectivity index is 2.88. The summed E-state index contributed by atoms with van der Waals surface area (Å²) in [5.74, 6) is 0.197. The topological polar surface area (TPSA) is 44.8 Å². The minimum atomic E-state index is -1.79. The summed E-state index contributed by atoms with van der Waals surface area (Å²) in [4.78, 5) is 12.3. The second kappa shape index (κ2) is 8.22. The number of carbonyl (C=O) groups excluding carboxylic acids is 1. The van der Waals surface area contributed by atoms with Crippen molar-refractivity contribution < 1.29 is 18.7 Å². The van der Waals surface area contributed by atoms with Gasteiger partial charge < -0.3 is 13.9 Å². The van der Waals surface area contributed by atoms with Crippen molar-refractivity contribution in [3.63, 3.8) is 0 Å². The van der Waals surface area contributed by atoms with E-state index in [2.05, 4.69) is 26.2 Å². The fourth-order valence-electron chi connectivity index (χ4n) is 2.66. The standard InChI is InChI=1S/C16H30O4Si/c1-7-18-16(19-8-2)12(3)13-10-9-11-14(17)15(13)20-21(4,5)6/h13,15-16H,3,7-11H2,1-2,4-6H3/t13-,15+/m1/s1. The van der Waals surface area contributed by atoms with Crippen LogP contribution in [0.5, 0.6) is 0 Å². The Bertz CT molecular complexity index is 356. The van der Waals surface area contributed by atoms with Gasteiger partial charge in [-0.1, -0.05) is 6.58 Å². The SMILES string of the molecule is C=C(C(OCC)OCC)[C@H]1CCCC(=O)[C@H]1O[Si](C)(C)C. The number of rotatable bonds is 8.